The number of benzene rings is 2. The summed E-state index contributed by atoms with van der Waals surface area (Å²) in [6, 6.07) is 19.8. The molecule has 4 rings (SSSR count). The van der Waals surface area contributed by atoms with E-state index in [1.165, 1.54) is 6.07 Å². The van der Waals surface area contributed by atoms with Crippen LogP contribution >= 0.6 is 0 Å². The van der Waals surface area contributed by atoms with Gasteiger partial charge in [0.15, 0.2) is 0 Å². The minimum atomic E-state index is -0.702. The van der Waals surface area contributed by atoms with E-state index in [0.717, 1.165) is 11.1 Å². The van der Waals surface area contributed by atoms with Gasteiger partial charge in [-0.15, -0.1) is 0 Å². The Balaban J connectivity index is 1.64. The molecule has 3 N–H and O–H groups in total. The molecule has 0 spiro atoms. The number of H-pyrrole nitrogens is 1. The molecule has 0 saturated heterocycles. The first-order valence-corrected chi connectivity index (χ1v) is 9.70. The summed E-state index contributed by atoms with van der Waals surface area (Å²) in [5.41, 5.74) is 8.39. The number of hydrazine groups is 1. The van der Waals surface area contributed by atoms with Crippen LogP contribution in [0.1, 0.15) is 32.0 Å². The third kappa shape index (κ3) is 4.20. The molecular formula is C24H20N4O3. The molecule has 0 aliphatic rings. The second-order valence-corrected chi connectivity index (χ2v) is 7.23. The SMILES string of the molecule is Cc1ccc(-c2cc(C(=O)NNC(=O)c3ccc(C)[nH]c3=O)c3ccccc3n2)cc1. The predicted molar refractivity (Wildman–Crippen MR) is 119 cm³/mol. The van der Waals surface area contributed by atoms with E-state index in [0.29, 0.717) is 27.9 Å². The fourth-order valence-corrected chi connectivity index (χ4v) is 3.23. The highest BCUT2D eigenvalue weighted by atomic mass is 16.2. The number of para-hydroxylation sites is 1. The molecule has 0 fully saturated rings. The normalized spacial score (nSPS) is 10.6. The molecule has 154 valence electrons. The van der Waals surface area contributed by atoms with Gasteiger partial charge in [-0.05, 0) is 38.1 Å². The van der Waals surface area contributed by atoms with E-state index in [9.17, 15) is 14.4 Å². The maximum atomic E-state index is 12.9. The van der Waals surface area contributed by atoms with Crippen molar-refractivity contribution in [2.45, 2.75) is 13.8 Å². The summed E-state index contributed by atoms with van der Waals surface area (Å²) in [6.45, 7) is 3.71. The first-order chi connectivity index (χ1) is 14.9. The average molecular weight is 412 g/mol. The van der Waals surface area contributed by atoms with Gasteiger partial charge in [-0.1, -0.05) is 48.0 Å². The monoisotopic (exact) mass is 412 g/mol. The smallest absolute Gasteiger partial charge is 0.275 e. The van der Waals surface area contributed by atoms with E-state index in [2.05, 4.69) is 20.8 Å². The highest BCUT2D eigenvalue weighted by Gasteiger charge is 2.16. The van der Waals surface area contributed by atoms with Crippen molar-refractivity contribution >= 4 is 22.7 Å². The Labute approximate surface area is 178 Å². The van der Waals surface area contributed by atoms with Gasteiger partial charge in [0.25, 0.3) is 17.4 Å². The standard InChI is InChI=1S/C24H20N4O3/c1-14-7-10-16(11-8-14)21-13-19(17-5-3-4-6-20(17)26-21)24(31)28-27-23(30)18-12-9-15(2)25-22(18)29/h3-13H,1-2H3,(H,25,29)(H,27,30)(H,28,31). The van der Waals surface area contributed by atoms with Crippen molar-refractivity contribution in [2.24, 2.45) is 0 Å². The zero-order chi connectivity index (χ0) is 22.0. The van der Waals surface area contributed by atoms with Crippen molar-refractivity contribution in [1.82, 2.24) is 20.8 Å². The van der Waals surface area contributed by atoms with Crippen molar-refractivity contribution in [1.29, 1.82) is 0 Å². The summed E-state index contributed by atoms with van der Waals surface area (Å²) in [6.07, 6.45) is 0. The molecule has 0 bridgehead atoms. The number of rotatable bonds is 3. The lowest BCUT2D eigenvalue weighted by molar-refractivity contribution is 0.0846. The van der Waals surface area contributed by atoms with Gasteiger partial charge in [-0.25, -0.2) is 4.98 Å². The molecule has 2 amide bonds. The van der Waals surface area contributed by atoms with E-state index >= 15 is 0 Å². The van der Waals surface area contributed by atoms with Crippen LogP contribution in [0.25, 0.3) is 22.2 Å². The topological polar surface area (TPSA) is 104 Å². The van der Waals surface area contributed by atoms with Crippen molar-refractivity contribution in [3.8, 4) is 11.3 Å². The van der Waals surface area contributed by atoms with Crippen molar-refractivity contribution in [3.05, 3.63) is 99.5 Å². The number of hydrogen-bond acceptors (Lipinski definition) is 4. The number of hydrogen-bond donors (Lipinski definition) is 3. The number of carbonyl (C=O) groups excluding carboxylic acids is 2. The summed E-state index contributed by atoms with van der Waals surface area (Å²) in [7, 11) is 0. The highest BCUT2D eigenvalue weighted by Crippen LogP contribution is 2.25. The number of aromatic nitrogens is 2. The number of amides is 2. The number of pyridine rings is 2. The molecule has 0 aliphatic carbocycles. The van der Waals surface area contributed by atoms with Crippen LogP contribution in [-0.4, -0.2) is 21.8 Å². The number of carbonyl (C=O) groups is 2. The molecule has 0 unspecified atom stereocenters. The quantitative estimate of drug-likeness (QED) is 0.449. The van der Waals surface area contributed by atoms with E-state index in [1.54, 1.807) is 25.1 Å². The van der Waals surface area contributed by atoms with Crippen LogP contribution in [0.4, 0.5) is 0 Å². The molecule has 0 aliphatic heterocycles. The number of aryl methyl sites for hydroxylation is 2. The first kappa shape index (κ1) is 20.0. The number of fused-ring (bicyclic) bond motifs is 1. The molecular weight excluding hydrogens is 392 g/mol. The molecule has 2 heterocycles. The molecule has 0 radical (unpaired) electrons. The molecule has 7 heteroatoms. The summed E-state index contributed by atoms with van der Waals surface area (Å²) in [5.74, 6) is -1.21. The van der Waals surface area contributed by atoms with E-state index < -0.39 is 17.4 Å². The van der Waals surface area contributed by atoms with Gasteiger partial charge in [0.05, 0.1) is 16.8 Å². The fourth-order valence-electron chi connectivity index (χ4n) is 3.23. The molecule has 7 nitrogen and oxygen atoms in total. The van der Waals surface area contributed by atoms with Crippen molar-refractivity contribution in [2.75, 3.05) is 0 Å². The summed E-state index contributed by atoms with van der Waals surface area (Å²) in [5, 5.41) is 0.651. The second kappa shape index (κ2) is 8.23. The Hall–Kier alpha value is -4.26. The Bertz CT molecular complexity index is 1360. The third-order valence-corrected chi connectivity index (χ3v) is 4.90. The summed E-state index contributed by atoms with van der Waals surface area (Å²) >= 11 is 0. The van der Waals surface area contributed by atoms with Crippen molar-refractivity contribution in [3.63, 3.8) is 0 Å². The van der Waals surface area contributed by atoms with Gasteiger partial charge >= 0.3 is 0 Å². The van der Waals surface area contributed by atoms with Crippen LogP contribution in [0.2, 0.25) is 0 Å². The molecule has 0 saturated carbocycles. The van der Waals surface area contributed by atoms with E-state index in [1.807, 2.05) is 49.4 Å². The predicted octanol–water partition coefficient (Wildman–Crippen LogP) is 3.28. The number of nitrogens with one attached hydrogen (secondary N) is 3. The Kier molecular flexibility index (Phi) is 5.32. The van der Waals surface area contributed by atoms with Gasteiger partial charge in [0.1, 0.15) is 5.56 Å². The largest absolute Gasteiger partial charge is 0.326 e. The van der Waals surface area contributed by atoms with Crippen molar-refractivity contribution < 1.29 is 9.59 Å². The molecule has 31 heavy (non-hydrogen) atoms. The Morgan fingerprint density at radius 2 is 1.52 bits per heavy atom. The number of aromatic amines is 1. The number of nitrogens with zero attached hydrogens (tertiary/aromatic N) is 1. The lowest BCUT2D eigenvalue weighted by Crippen LogP contribution is -2.43. The van der Waals surface area contributed by atoms with Crippen LogP contribution in [0, 0.1) is 13.8 Å². The van der Waals surface area contributed by atoms with Crippen LogP contribution in [0.3, 0.4) is 0 Å². The van der Waals surface area contributed by atoms with Gasteiger partial charge in [-0.2, -0.15) is 0 Å². The minimum absolute atomic E-state index is 0.0918. The lowest BCUT2D eigenvalue weighted by Gasteiger charge is -2.11. The van der Waals surface area contributed by atoms with Crippen LogP contribution < -0.4 is 16.4 Å². The second-order valence-electron chi connectivity index (χ2n) is 7.23. The lowest BCUT2D eigenvalue weighted by atomic mass is 10.0. The maximum Gasteiger partial charge on any atom is 0.275 e. The molecule has 4 aromatic rings. The zero-order valence-corrected chi connectivity index (χ0v) is 17.0. The highest BCUT2D eigenvalue weighted by molar-refractivity contribution is 6.08. The van der Waals surface area contributed by atoms with E-state index in [-0.39, 0.29) is 5.56 Å². The molecule has 2 aromatic carbocycles. The summed E-state index contributed by atoms with van der Waals surface area (Å²) < 4.78 is 0. The Morgan fingerprint density at radius 3 is 2.23 bits per heavy atom. The zero-order valence-electron chi connectivity index (χ0n) is 17.0. The Morgan fingerprint density at radius 1 is 0.839 bits per heavy atom. The van der Waals surface area contributed by atoms with Gasteiger partial charge in [0, 0.05) is 16.6 Å². The summed E-state index contributed by atoms with van der Waals surface area (Å²) in [4.78, 5) is 44.5. The van der Waals surface area contributed by atoms with Gasteiger partial charge < -0.3 is 4.98 Å². The fraction of sp³-hybridized carbons (Fsp3) is 0.0833. The maximum absolute atomic E-state index is 12.9. The minimum Gasteiger partial charge on any atom is -0.326 e. The average Bonchev–Trinajstić information content (AvgIpc) is 2.77. The third-order valence-electron chi connectivity index (χ3n) is 4.90. The van der Waals surface area contributed by atoms with Gasteiger partial charge in [-0.3, -0.25) is 25.2 Å². The first-order valence-electron chi connectivity index (χ1n) is 9.70. The van der Waals surface area contributed by atoms with E-state index in [4.69, 9.17) is 0 Å². The molecule has 0 atom stereocenters. The van der Waals surface area contributed by atoms with Crippen LogP contribution in [0.15, 0.2) is 71.5 Å². The van der Waals surface area contributed by atoms with Crippen LogP contribution in [0.5, 0.6) is 0 Å². The van der Waals surface area contributed by atoms with Gasteiger partial charge in [0.2, 0.25) is 0 Å². The van der Waals surface area contributed by atoms with Crippen LogP contribution in [-0.2, 0) is 0 Å². The molecule has 2 aromatic heterocycles.